The fraction of sp³-hybridized carbons (Fsp3) is 0.417. The van der Waals surface area contributed by atoms with E-state index in [1.54, 1.807) is 12.1 Å². The first-order valence-corrected chi connectivity index (χ1v) is 6.21. The minimum Gasteiger partial charge on any atom is -0.423 e. The zero-order valence-electron chi connectivity index (χ0n) is 10.2. The number of anilines is 1. The van der Waals surface area contributed by atoms with Crippen LogP contribution >= 0.6 is 0 Å². The van der Waals surface area contributed by atoms with E-state index in [1.165, 1.54) is 6.07 Å². The van der Waals surface area contributed by atoms with Gasteiger partial charge < -0.3 is 15.5 Å². The van der Waals surface area contributed by atoms with Gasteiger partial charge in [0, 0.05) is 18.2 Å². The first kappa shape index (κ1) is 11.9. The number of nitrogens with two attached hydrogens (primary N) is 1. The van der Waals surface area contributed by atoms with Crippen molar-refractivity contribution in [1.29, 1.82) is 0 Å². The molecule has 3 N–H and O–H groups in total. The fourth-order valence-corrected chi connectivity index (χ4v) is 2.47. The number of rotatable bonds is 3. The van der Waals surface area contributed by atoms with E-state index in [2.05, 4.69) is 10.3 Å². The molecule has 0 amide bonds. The normalized spacial score (nSPS) is 22.8. The lowest BCUT2D eigenvalue weighted by atomic mass is 10.2. The summed E-state index contributed by atoms with van der Waals surface area (Å²) >= 11 is 0. The maximum absolute atomic E-state index is 10.9. The minimum absolute atomic E-state index is 0.0509. The Labute approximate surface area is 108 Å². The molecule has 100 valence electrons. The molecule has 1 aliphatic carbocycles. The van der Waals surface area contributed by atoms with Crippen LogP contribution in [0.3, 0.4) is 0 Å². The van der Waals surface area contributed by atoms with Crippen LogP contribution in [0, 0.1) is 10.1 Å². The lowest BCUT2D eigenvalue weighted by molar-refractivity contribution is -0.383. The van der Waals surface area contributed by atoms with Gasteiger partial charge in [-0.25, -0.2) is 0 Å². The van der Waals surface area contributed by atoms with Gasteiger partial charge in [0.2, 0.25) is 0 Å². The van der Waals surface area contributed by atoms with Gasteiger partial charge >= 0.3 is 0 Å². The molecule has 1 heterocycles. The summed E-state index contributed by atoms with van der Waals surface area (Å²) in [4.78, 5) is 14.6. The summed E-state index contributed by atoms with van der Waals surface area (Å²) in [5, 5.41) is 14.0. The second-order valence-corrected chi connectivity index (χ2v) is 4.75. The molecule has 0 aliphatic heterocycles. The standard InChI is InChI=1S/C12H14N4O3/c13-7-3-1-4-8(7)14-12-15-11-9(16(17)18)5-2-6-10(11)19-12/h2,5-8H,1,3-4,13H2,(H,14,15). The topological polar surface area (TPSA) is 107 Å². The maximum atomic E-state index is 10.9. The van der Waals surface area contributed by atoms with E-state index >= 15 is 0 Å². The van der Waals surface area contributed by atoms with E-state index in [4.69, 9.17) is 10.2 Å². The third-order valence-corrected chi connectivity index (χ3v) is 3.47. The highest BCUT2D eigenvalue weighted by molar-refractivity contribution is 5.84. The number of nitrogens with zero attached hydrogens (tertiary/aromatic N) is 2. The van der Waals surface area contributed by atoms with Gasteiger partial charge in [-0.2, -0.15) is 4.98 Å². The highest BCUT2D eigenvalue weighted by Gasteiger charge is 2.26. The molecule has 2 atom stereocenters. The number of fused-ring (bicyclic) bond motifs is 1. The highest BCUT2D eigenvalue weighted by Crippen LogP contribution is 2.29. The molecule has 1 aromatic heterocycles. The lowest BCUT2D eigenvalue weighted by Crippen LogP contribution is -2.35. The van der Waals surface area contributed by atoms with Crippen molar-refractivity contribution < 1.29 is 9.34 Å². The van der Waals surface area contributed by atoms with Crippen LogP contribution in [0.15, 0.2) is 22.6 Å². The molecule has 7 heteroatoms. The van der Waals surface area contributed by atoms with Crippen molar-refractivity contribution in [3.05, 3.63) is 28.3 Å². The van der Waals surface area contributed by atoms with Crippen LogP contribution in [-0.2, 0) is 0 Å². The second kappa shape index (κ2) is 4.51. The number of nitro benzene ring substituents is 1. The molecule has 19 heavy (non-hydrogen) atoms. The van der Waals surface area contributed by atoms with E-state index in [9.17, 15) is 10.1 Å². The summed E-state index contributed by atoms with van der Waals surface area (Å²) in [7, 11) is 0. The first-order valence-electron chi connectivity index (χ1n) is 6.21. The number of benzene rings is 1. The Bertz CT molecular complexity index is 624. The molecule has 0 radical (unpaired) electrons. The Hall–Kier alpha value is -2.15. The van der Waals surface area contributed by atoms with Gasteiger partial charge in [0.25, 0.3) is 11.7 Å². The minimum atomic E-state index is -0.462. The van der Waals surface area contributed by atoms with Crippen LogP contribution in [0.1, 0.15) is 19.3 Å². The quantitative estimate of drug-likeness (QED) is 0.647. The molecular formula is C12H14N4O3. The maximum Gasteiger partial charge on any atom is 0.298 e. The van der Waals surface area contributed by atoms with Crippen molar-refractivity contribution in [2.45, 2.75) is 31.3 Å². The summed E-state index contributed by atoms with van der Waals surface area (Å²) < 4.78 is 5.49. The van der Waals surface area contributed by atoms with Crippen LogP contribution in [0.5, 0.6) is 0 Å². The second-order valence-electron chi connectivity index (χ2n) is 4.75. The number of oxazole rings is 1. The van der Waals surface area contributed by atoms with E-state index < -0.39 is 4.92 Å². The number of hydrogen-bond donors (Lipinski definition) is 2. The molecule has 1 saturated carbocycles. The molecule has 2 unspecified atom stereocenters. The summed E-state index contributed by atoms with van der Waals surface area (Å²) in [6.07, 6.45) is 3.00. The number of hydrogen-bond acceptors (Lipinski definition) is 6. The Kier molecular flexibility index (Phi) is 2.83. The molecule has 0 bridgehead atoms. The highest BCUT2D eigenvalue weighted by atomic mass is 16.6. The summed E-state index contributed by atoms with van der Waals surface area (Å²) in [6.45, 7) is 0. The van der Waals surface area contributed by atoms with Crippen LogP contribution in [0.2, 0.25) is 0 Å². The molecule has 1 aliphatic rings. The summed E-state index contributed by atoms with van der Waals surface area (Å²) in [5.74, 6) is 0. The van der Waals surface area contributed by atoms with Gasteiger partial charge in [-0.05, 0) is 25.3 Å². The Balaban J connectivity index is 1.93. The molecule has 0 saturated heterocycles. The van der Waals surface area contributed by atoms with Crippen molar-refractivity contribution in [2.24, 2.45) is 5.73 Å². The third kappa shape index (κ3) is 2.12. The Morgan fingerprint density at radius 3 is 3.00 bits per heavy atom. The molecular weight excluding hydrogens is 248 g/mol. The zero-order valence-corrected chi connectivity index (χ0v) is 10.2. The van der Waals surface area contributed by atoms with Crippen molar-refractivity contribution in [3.8, 4) is 0 Å². The van der Waals surface area contributed by atoms with E-state index in [0.29, 0.717) is 11.6 Å². The average molecular weight is 262 g/mol. The van der Waals surface area contributed by atoms with E-state index in [1.807, 2.05) is 0 Å². The Morgan fingerprint density at radius 2 is 2.32 bits per heavy atom. The number of para-hydroxylation sites is 1. The molecule has 1 aromatic carbocycles. The average Bonchev–Trinajstić information content (AvgIpc) is 2.95. The van der Waals surface area contributed by atoms with Crippen LogP contribution in [0.4, 0.5) is 11.7 Å². The van der Waals surface area contributed by atoms with Crippen molar-refractivity contribution in [2.75, 3.05) is 5.32 Å². The van der Waals surface area contributed by atoms with Gasteiger partial charge in [0.15, 0.2) is 11.1 Å². The summed E-state index contributed by atoms with van der Waals surface area (Å²) in [6, 6.07) is 5.14. The smallest absolute Gasteiger partial charge is 0.298 e. The van der Waals surface area contributed by atoms with Gasteiger partial charge in [-0.3, -0.25) is 10.1 Å². The summed E-state index contributed by atoms with van der Waals surface area (Å²) in [5.41, 5.74) is 6.58. The SMILES string of the molecule is NC1CCCC1Nc1nc2c([N+](=O)[O-])cccc2o1. The van der Waals surface area contributed by atoms with E-state index in [-0.39, 0.29) is 23.3 Å². The molecule has 1 fully saturated rings. The zero-order chi connectivity index (χ0) is 13.4. The van der Waals surface area contributed by atoms with Gasteiger partial charge in [0.1, 0.15) is 0 Å². The number of aromatic nitrogens is 1. The molecule has 0 spiro atoms. The molecule has 3 rings (SSSR count). The van der Waals surface area contributed by atoms with Crippen LogP contribution < -0.4 is 11.1 Å². The van der Waals surface area contributed by atoms with E-state index in [0.717, 1.165) is 19.3 Å². The van der Waals surface area contributed by atoms with Crippen molar-refractivity contribution in [1.82, 2.24) is 4.98 Å². The van der Waals surface area contributed by atoms with Gasteiger partial charge in [-0.1, -0.05) is 6.07 Å². The van der Waals surface area contributed by atoms with Crippen molar-refractivity contribution in [3.63, 3.8) is 0 Å². The van der Waals surface area contributed by atoms with Crippen LogP contribution in [0.25, 0.3) is 11.1 Å². The lowest BCUT2D eigenvalue weighted by Gasteiger charge is -2.14. The predicted octanol–water partition coefficient (Wildman–Crippen LogP) is 2.03. The van der Waals surface area contributed by atoms with Crippen molar-refractivity contribution >= 4 is 22.8 Å². The third-order valence-electron chi connectivity index (χ3n) is 3.47. The molecule has 2 aromatic rings. The number of non-ortho nitro benzene ring substituents is 1. The first-order chi connectivity index (χ1) is 9.15. The number of nitro groups is 1. The molecule has 7 nitrogen and oxygen atoms in total. The van der Waals surface area contributed by atoms with Gasteiger partial charge in [0.05, 0.1) is 4.92 Å². The fourth-order valence-electron chi connectivity index (χ4n) is 2.47. The monoisotopic (exact) mass is 262 g/mol. The predicted molar refractivity (Wildman–Crippen MR) is 69.9 cm³/mol. The number of nitrogens with one attached hydrogen (secondary N) is 1. The van der Waals surface area contributed by atoms with Crippen LogP contribution in [-0.4, -0.2) is 22.0 Å². The Morgan fingerprint density at radius 1 is 1.47 bits per heavy atom. The van der Waals surface area contributed by atoms with Gasteiger partial charge in [-0.15, -0.1) is 0 Å². The largest absolute Gasteiger partial charge is 0.423 e.